The summed E-state index contributed by atoms with van der Waals surface area (Å²) in [6.07, 6.45) is 8.17. The minimum atomic E-state index is -0.531. The quantitative estimate of drug-likeness (QED) is 0.365. The van der Waals surface area contributed by atoms with E-state index < -0.39 is 5.82 Å². The summed E-state index contributed by atoms with van der Waals surface area (Å²) in [5.74, 6) is 1.24. The van der Waals surface area contributed by atoms with Crippen LogP contribution in [0.5, 0.6) is 11.5 Å². The van der Waals surface area contributed by atoms with Crippen LogP contribution in [-0.4, -0.2) is 46.6 Å². The molecule has 1 unspecified atom stereocenters. The van der Waals surface area contributed by atoms with Crippen LogP contribution in [0.2, 0.25) is 0 Å². The number of halogens is 2. The number of dihydropyridines is 1. The first-order chi connectivity index (χ1) is 19.5. The third-order valence-corrected chi connectivity index (χ3v) is 7.35. The molecule has 0 bridgehead atoms. The molecule has 4 heterocycles. The van der Waals surface area contributed by atoms with Gasteiger partial charge < -0.3 is 25.6 Å². The van der Waals surface area contributed by atoms with Gasteiger partial charge >= 0.3 is 0 Å². The number of fused-ring (bicyclic) bond motifs is 1. The van der Waals surface area contributed by atoms with Gasteiger partial charge in [0.1, 0.15) is 17.7 Å². The van der Waals surface area contributed by atoms with Crippen molar-refractivity contribution in [3.05, 3.63) is 107 Å². The molecular formula is C30H28ClFN6O2. The number of amides is 1. The molecule has 1 fully saturated rings. The fourth-order valence-corrected chi connectivity index (χ4v) is 5.32. The fraction of sp³-hybridized carbons (Fsp3) is 0.233. The molecule has 3 aromatic rings. The van der Waals surface area contributed by atoms with Crippen molar-refractivity contribution in [2.24, 2.45) is 5.92 Å². The van der Waals surface area contributed by atoms with E-state index in [1.165, 1.54) is 6.20 Å². The number of hydrogen-bond acceptors (Lipinski definition) is 7. The molecule has 2 aromatic carbocycles. The van der Waals surface area contributed by atoms with Crippen LogP contribution in [0.15, 0.2) is 89.9 Å². The Hall–Kier alpha value is -4.37. The number of anilines is 1. The SMILES string of the molecule is O=C(c1ccccc1Oc1ccccc1)N1CCC[C@H](CNc2nc(C3=CNC4NC=C(Cl)C=C34)ncc2F)C1. The zero-order valence-corrected chi connectivity index (χ0v) is 22.4. The molecule has 3 N–H and O–H groups in total. The van der Waals surface area contributed by atoms with Crippen LogP contribution in [-0.2, 0) is 0 Å². The first-order valence-corrected chi connectivity index (χ1v) is 13.6. The van der Waals surface area contributed by atoms with Crippen molar-refractivity contribution in [3.8, 4) is 11.5 Å². The third kappa shape index (κ3) is 5.51. The number of hydrogen-bond donors (Lipinski definition) is 3. The average molecular weight is 559 g/mol. The maximum absolute atomic E-state index is 14.7. The first-order valence-electron chi connectivity index (χ1n) is 13.2. The van der Waals surface area contributed by atoms with Gasteiger partial charge in [0.05, 0.1) is 16.8 Å². The summed E-state index contributed by atoms with van der Waals surface area (Å²) in [6.45, 7) is 1.67. The van der Waals surface area contributed by atoms with E-state index in [1.807, 2.05) is 53.4 Å². The van der Waals surface area contributed by atoms with E-state index in [2.05, 4.69) is 25.9 Å². The topological polar surface area (TPSA) is 91.4 Å². The van der Waals surface area contributed by atoms with Crippen molar-refractivity contribution in [1.82, 2.24) is 25.5 Å². The lowest BCUT2D eigenvalue weighted by Gasteiger charge is -2.33. The largest absolute Gasteiger partial charge is 0.457 e. The lowest BCUT2D eigenvalue weighted by Crippen LogP contribution is -2.42. The summed E-state index contributed by atoms with van der Waals surface area (Å²) in [4.78, 5) is 24.1. The monoisotopic (exact) mass is 558 g/mol. The number of piperidine rings is 1. The number of para-hydroxylation sites is 2. The Morgan fingerprint density at radius 2 is 1.93 bits per heavy atom. The number of benzene rings is 2. The summed E-state index contributed by atoms with van der Waals surface area (Å²) in [7, 11) is 0. The minimum Gasteiger partial charge on any atom is -0.457 e. The molecule has 3 aliphatic rings. The molecule has 10 heteroatoms. The van der Waals surface area contributed by atoms with Crippen LogP contribution in [0.4, 0.5) is 10.2 Å². The standard InChI is InChI=1S/C30H28ClFN6O2/c31-20-13-23-24(16-35-27(23)34-15-20)28-36-17-25(32)29(37-28)33-14-19-7-6-12-38(18-19)30(39)22-10-4-5-11-26(22)40-21-8-2-1-3-9-21/h1-5,8-11,13,15-17,19,27,34-35H,6-7,12,14,18H2,(H,33,36,37)/t19-,27?/m1/s1. The Kier molecular flexibility index (Phi) is 7.37. The Bertz CT molecular complexity index is 1510. The van der Waals surface area contributed by atoms with E-state index in [-0.39, 0.29) is 23.8 Å². The summed E-state index contributed by atoms with van der Waals surface area (Å²) in [5.41, 5.74) is 2.16. The summed E-state index contributed by atoms with van der Waals surface area (Å²) in [6, 6.07) is 16.7. The van der Waals surface area contributed by atoms with Crippen LogP contribution < -0.4 is 20.7 Å². The van der Waals surface area contributed by atoms with Gasteiger partial charge in [-0.15, -0.1) is 0 Å². The van der Waals surface area contributed by atoms with E-state index in [9.17, 15) is 9.18 Å². The maximum Gasteiger partial charge on any atom is 0.257 e. The average Bonchev–Trinajstić information content (AvgIpc) is 3.40. The fourth-order valence-electron chi connectivity index (χ4n) is 5.14. The van der Waals surface area contributed by atoms with Gasteiger partial charge in [-0.2, -0.15) is 0 Å². The number of rotatable bonds is 7. The highest BCUT2D eigenvalue weighted by Gasteiger charge is 2.29. The number of allylic oxidation sites excluding steroid dienone is 2. The normalized spacial score (nSPS) is 19.9. The molecular weight excluding hydrogens is 531 g/mol. The van der Waals surface area contributed by atoms with Gasteiger partial charge in [0, 0.05) is 43.2 Å². The molecule has 0 radical (unpaired) electrons. The van der Waals surface area contributed by atoms with Crippen molar-refractivity contribution >= 4 is 28.9 Å². The highest BCUT2D eigenvalue weighted by molar-refractivity contribution is 6.31. The summed E-state index contributed by atoms with van der Waals surface area (Å²) in [5, 5.41) is 10.1. The second-order valence-corrected chi connectivity index (χ2v) is 10.3. The number of nitrogens with one attached hydrogen (secondary N) is 3. The van der Waals surface area contributed by atoms with Gasteiger partial charge in [0.2, 0.25) is 0 Å². The van der Waals surface area contributed by atoms with Crippen LogP contribution in [0.1, 0.15) is 29.0 Å². The molecule has 40 heavy (non-hydrogen) atoms. The number of carbonyl (C=O) groups excluding carboxylic acids is 1. The van der Waals surface area contributed by atoms with Gasteiger partial charge in [-0.1, -0.05) is 41.9 Å². The molecule has 0 saturated carbocycles. The predicted octanol–water partition coefficient (Wildman–Crippen LogP) is 5.25. The van der Waals surface area contributed by atoms with Gasteiger partial charge in [-0.05, 0) is 49.1 Å². The Balaban J connectivity index is 1.12. The highest BCUT2D eigenvalue weighted by atomic mass is 35.5. The maximum atomic E-state index is 14.7. The molecule has 6 rings (SSSR count). The molecule has 3 aliphatic heterocycles. The molecule has 0 aliphatic carbocycles. The van der Waals surface area contributed by atoms with E-state index in [1.54, 1.807) is 24.5 Å². The molecule has 1 amide bonds. The van der Waals surface area contributed by atoms with Crippen LogP contribution in [0.3, 0.4) is 0 Å². The number of nitrogens with zero attached hydrogens (tertiary/aromatic N) is 3. The first kappa shape index (κ1) is 25.9. The van der Waals surface area contributed by atoms with Crippen molar-refractivity contribution in [1.29, 1.82) is 0 Å². The van der Waals surface area contributed by atoms with E-state index >= 15 is 0 Å². The second kappa shape index (κ2) is 11.4. The third-order valence-electron chi connectivity index (χ3n) is 7.14. The Labute approximate surface area is 236 Å². The van der Waals surface area contributed by atoms with Crippen LogP contribution >= 0.6 is 11.6 Å². The van der Waals surface area contributed by atoms with E-state index in [0.717, 1.165) is 24.0 Å². The molecule has 0 spiro atoms. The number of aromatic nitrogens is 2. The summed E-state index contributed by atoms with van der Waals surface area (Å²) < 4.78 is 20.7. The van der Waals surface area contributed by atoms with Crippen LogP contribution in [0.25, 0.3) is 5.57 Å². The zero-order chi connectivity index (χ0) is 27.5. The Morgan fingerprint density at radius 1 is 1.12 bits per heavy atom. The van der Waals surface area contributed by atoms with Gasteiger partial charge in [0.15, 0.2) is 17.5 Å². The summed E-state index contributed by atoms with van der Waals surface area (Å²) >= 11 is 6.17. The van der Waals surface area contributed by atoms with Crippen molar-refractivity contribution in [2.75, 3.05) is 25.0 Å². The number of likely N-dealkylation sites (tertiary alicyclic amines) is 1. The molecule has 2 atom stereocenters. The number of ether oxygens (including phenoxy) is 1. The second-order valence-electron chi connectivity index (χ2n) is 9.90. The molecule has 204 valence electrons. The molecule has 8 nitrogen and oxygen atoms in total. The van der Waals surface area contributed by atoms with Gasteiger partial charge in [-0.3, -0.25) is 4.79 Å². The van der Waals surface area contributed by atoms with Gasteiger partial charge in [-0.25, -0.2) is 14.4 Å². The Morgan fingerprint density at radius 3 is 2.80 bits per heavy atom. The van der Waals surface area contributed by atoms with Crippen molar-refractivity contribution in [2.45, 2.75) is 19.0 Å². The van der Waals surface area contributed by atoms with E-state index in [0.29, 0.717) is 47.6 Å². The smallest absolute Gasteiger partial charge is 0.257 e. The van der Waals surface area contributed by atoms with Gasteiger partial charge in [0.25, 0.3) is 5.91 Å². The lowest BCUT2D eigenvalue weighted by molar-refractivity contribution is 0.0677. The lowest BCUT2D eigenvalue weighted by atomic mass is 9.97. The molecule has 1 saturated heterocycles. The number of carbonyl (C=O) groups is 1. The van der Waals surface area contributed by atoms with E-state index in [4.69, 9.17) is 16.3 Å². The van der Waals surface area contributed by atoms with Crippen molar-refractivity contribution in [3.63, 3.8) is 0 Å². The predicted molar refractivity (Wildman–Crippen MR) is 152 cm³/mol. The minimum absolute atomic E-state index is 0.0796. The van der Waals surface area contributed by atoms with Crippen LogP contribution in [0, 0.1) is 11.7 Å². The molecule has 1 aromatic heterocycles. The zero-order valence-electron chi connectivity index (χ0n) is 21.6. The van der Waals surface area contributed by atoms with Crippen molar-refractivity contribution < 1.29 is 13.9 Å². The highest BCUT2D eigenvalue weighted by Crippen LogP contribution is 2.32.